The van der Waals surface area contributed by atoms with E-state index in [0.717, 1.165) is 17.1 Å². The Hall–Kier alpha value is -6.62. The minimum atomic E-state index is 0.582. The number of hydrogen-bond donors (Lipinski definition) is 0. The van der Waals surface area contributed by atoms with Crippen LogP contribution in [0.2, 0.25) is 0 Å². The lowest BCUT2D eigenvalue weighted by Crippen LogP contribution is -2.69. The smallest absolute Gasteiger partial charge is 0.0589 e. The maximum atomic E-state index is 2.85. The molecule has 4 bridgehead atoms. The zero-order chi connectivity index (χ0) is 39.6. The Morgan fingerprint density at radius 3 is 1.37 bits per heavy atom. The molecule has 9 aromatic rings. The van der Waals surface area contributed by atoms with Crippen molar-refractivity contribution in [2.24, 2.45) is 0 Å². The predicted molar refractivity (Wildman–Crippen MR) is 255 cm³/mol. The summed E-state index contributed by atoms with van der Waals surface area (Å²) in [6.07, 6.45) is 4.90. The molecule has 0 unspecified atom stereocenters. The van der Waals surface area contributed by atoms with E-state index in [1.165, 1.54) is 90.6 Å². The average Bonchev–Trinajstić information content (AvgIpc) is 3.70. The zero-order valence-corrected chi connectivity index (χ0v) is 34.3. The van der Waals surface area contributed by atoms with Crippen molar-refractivity contribution in [1.82, 2.24) is 0 Å². The molecule has 4 saturated heterocycles. The third-order valence-electron chi connectivity index (χ3n) is 13.5. The van der Waals surface area contributed by atoms with Crippen molar-refractivity contribution in [1.29, 1.82) is 0 Å². The van der Waals surface area contributed by atoms with Crippen LogP contribution >= 0.6 is 11.3 Å². The molecule has 3 nitrogen and oxygen atoms in total. The highest BCUT2D eigenvalue weighted by atomic mass is 32.1. The summed E-state index contributed by atoms with van der Waals surface area (Å²) in [4.78, 5) is 8.02. The van der Waals surface area contributed by atoms with E-state index in [2.05, 4.69) is 215 Å². The van der Waals surface area contributed by atoms with E-state index >= 15 is 0 Å². The van der Waals surface area contributed by atoms with E-state index in [1.807, 2.05) is 11.3 Å². The van der Waals surface area contributed by atoms with Crippen LogP contribution in [0, 0.1) is 0 Å². The highest BCUT2D eigenvalue weighted by Crippen LogP contribution is 2.51. The number of nitrogens with zero attached hydrogens (tertiary/aromatic N) is 3. The molecule has 0 atom stereocenters. The fraction of sp³-hybridized carbons (Fsp3) is 0.143. The van der Waals surface area contributed by atoms with Crippen LogP contribution in [0.3, 0.4) is 0 Å². The summed E-state index contributed by atoms with van der Waals surface area (Å²) in [6, 6.07) is 76.0. The highest BCUT2D eigenvalue weighted by molar-refractivity contribution is 7.26. The first-order valence-corrected chi connectivity index (χ1v) is 22.3. The molecule has 0 amide bonds. The Kier molecular flexibility index (Phi) is 8.59. The largest absolute Gasteiger partial charge is 0.365 e. The third kappa shape index (κ3) is 6.09. The third-order valence-corrected chi connectivity index (χ3v) is 14.7. The fourth-order valence-corrected chi connectivity index (χ4v) is 12.1. The van der Waals surface area contributed by atoms with Gasteiger partial charge in [0.05, 0.1) is 10.4 Å². The number of piperidine rings is 4. The van der Waals surface area contributed by atoms with E-state index in [9.17, 15) is 0 Å². The summed E-state index contributed by atoms with van der Waals surface area (Å²) >= 11 is 1.97. The van der Waals surface area contributed by atoms with Gasteiger partial charge in [-0.1, -0.05) is 140 Å². The summed E-state index contributed by atoms with van der Waals surface area (Å²) in [5.74, 6) is 0. The molecule has 1 aromatic heterocycles. The maximum Gasteiger partial charge on any atom is 0.0589 e. The van der Waals surface area contributed by atoms with Crippen molar-refractivity contribution in [2.75, 3.05) is 14.7 Å². The first kappa shape index (κ1) is 35.3. The van der Waals surface area contributed by atoms with Crippen LogP contribution in [-0.4, -0.2) is 24.2 Å². The molecule has 0 saturated carbocycles. The molecule has 0 aliphatic carbocycles. The second kappa shape index (κ2) is 14.6. The summed E-state index contributed by atoms with van der Waals surface area (Å²) < 4.78 is 2.86. The van der Waals surface area contributed by atoms with Crippen LogP contribution in [-0.2, 0) is 0 Å². The van der Waals surface area contributed by atoms with Gasteiger partial charge in [0.2, 0.25) is 0 Å². The van der Waals surface area contributed by atoms with Crippen molar-refractivity contribution < 1.29 is 0 Å². The molecule has 60 heavy (non-hydrogen) atoms. The van der Waals surface area contributed by atoms with Crippen molar-refractivity contribution in [3.05, 3.63) is 200 Å². The fourth-order valence-electron chi connectivity index (χ4n) is 10.9. The Morgan fingerprint density at radius 1 is 0.367 bits per heavy atom. The van der Waals surface area contributed by atoms with Gasteiger partial charge in [-0.25, -0.2) is 0 Å². The van der Waals surface area contributed by atoms with E-state index in [0.29, 0.717) is 24.2 Å². The molecule has 4 aliphatic heterocycles. The van der Waals surface area contributed by atoms with Gasteiger partial charge in [0.25, 0.3) is 0 Å². The summed E-state index contributed by atoms with van der Waals surface area (Å²) in [6.45, 7) is 0. The minimum absolute atomic E-state index is 0.582. The molecule has 0 N–H and O–H groups in total. The van der Waals surface area contributed by atoms with Gasteiger partial charge in [-0.3, -0.25) is 0 Å². The summed E-state index contributed by atoms with van der Waals surface area (Å²) in [5, 5.41) is 2.81. The van der Waals surface area contributed by atoms with Gasteiger partial charge in [-0.2, -0.15) is 0 Å². The van der Waals surface area contributed by atoms with Crippen LogP contribution in [0.5, 0.6) is 0 Å². The van der Waals surface area contributed by atoms with Gasteiger partial charge in [0.15, 0.2) is 0 Å². The first-order valence-electron chi connectivity index (χ1n) is 21.5. The summed E-state index contributed by atoms with van der Waals surface area (Å²) in [7, 11) is 0. The molecule has 4 aliphatic rings. The number of thiophene rings is 1. The predicted octanol–water partition coefficient (Wildman–Crippen LogP) is 14.9. The van der Waals surface area contributed by atoms with Crippen LogP contribution < -0.4 is 14.7 Å². The highest BCUT2D eigenvalue weighted by Gasteiger charge is 2.51. The van der Waals surface area contributed by atoms with Gasteiger partial charge in [0, 0.05) is 62.4 Å². The van der Waals surface area contributed by atoms with Gasteiger partial charge >= 0.3 is 0 Å². The van der Waals surface area contributed by atoms with Crippen molar-refractivity contribution in [3.8, 4) is 33.4 Å². The normalized spacial score (nSPS) is 19.3. The zero-order valence-electron chi connectivity index (χ0n) is 33.4. The molecule has 13 rings (SSSR count). The number of hydrogen-bond acceptors (Lipinski definition) is 4. The van der Waals surface area contributed by atoms with E-state index in [4.69, 9.17) is 0 Å². The van der Waals surface area contributed by atoms with E-state index < -0.39 is 0 Å². The van der Waals surface area contributed by atoms with Crippen LogP contribution in [0.1, 0.15) is 25.7 Å². The number of fused-ring (bicyclic) bond motifs is 3. The second-order valence-electron chi connectivity index (χ2n) is 16.9. The standard InChI is InChI=1S/C56H45N3S/c1-3-11-38(12-4-1)40-21-27-44(28-22-40)57(45-29-23-41(24-30-45)39-13-5-2-6-14-39)46-31-25-42(26-32-46)43-15-9-16-47(33-43)58-48-34-50-36-49(58)37-51(35-48)59(50)54-19-10-18-53-52-17-7-8-20-55(52)60-56(53)54/h1-33,48-51H,34-37H2. The topological polar surface area (TPSA) is 9.72 Å². The monoisotopic (exact) mass is 791 g/mol. The van der Waals surface area contributed by atoms with Gasteiger partial charge in [-0.15, -0.1) is 11.3 Å². The molecule has 8 aromatic carbocycles. The molecule has 5 heterocycles. The molecule has 4 fully saturated rings. The lowest BCUT2D eigenvalue weighted by atomic mass is 9.72. The molecule has 4 heteroatoms. The second-order valence-corrected chi connectivity index (χ2v) is 17.9. The van der Waals surface area contributed by atoms with Gasteiger partial charge in [0.1, 0.15) is 0 Å². The van der Waals surface area contributed by atoms with Crippen molar-refractivity contribution >= 4 is 59.9 Å². The van der Waals surface area contributed by atoms with Crippen LogP contribution in [0.25, 0.3) is 53.6 Å². The van der Waals surface area contributed by atoms with Gasteiger partial charge < -0.3 is 14.7 Å². The number of anilines is 5. The molecule has 0 radical (unpaired) electrons. The Morgan fingerprint density at radius 2 is 0.800 bits per heavy atom. The van der Waals surface area contributed by atoms with Gasteiger partial charge in [-0.05, 0) is 120 Å². The SMILES string of the molecule is c1ccc(-c2ccc(N(c3ccc(-c4ccccc4)cc3)c3ccc(-c4cccc(N5C6CC7CC5CC(C6)N7c5cccc6c5sc5ccccc56)c4)cc3)cc2)cc1. The average molecular weight is 792 g/mol. The maximum absolute atomic E-state index is 2.85. The first-order chi connectivity index (χ1) is 29.7. The number of benzene rings is 8. The molecular weight excluding hydrogens is 747 g/mol. The Labute approximate surface area is 356 Å². The van der Waals surface area contributed by atoms with Crippen molar-refractivity contribution in [3.63, 3.8) is 0 Å². The number of rotatable bonds is 8. The van der Waals surface area contributed by atoms with Crippen LogP contribution in [0.4, 0.5) is 28.4 Å². The van der Waals surface area contributed by atoms with E-state index in [-0.39, 0.29) is 0 Å². The lowest BCUT2D eigenvalue weighted by Gasteiger charge is -2.62. The Bertz CT molecular complexity index is 2840. The quantitative estimate of drug-likeness (QED) is 0.152. The Balaban J connectivity index is 0.818. The van der Waals surface area contributed by atoms with E-state index in [1.54, 1.807) is 0 Å². The molecule has 290 valence electrons. The van der Waals surface area contributed by atoms with Crippen LogP contribution in [0.15, 0.2) is 200 Å². The lowest BCUT2D eigenvalue weighted by molar-refractivity contribution is 0.171. The molecule has 0 spiro atoms. The minimum Gasteiger partial charge on any atom is -0.365 e. The summed E-state index contributed by atoms with van der Waals surface area (Å²) in [5.41, 5.74) is 13.6. The molecular formula is C56H45N3S. The van der Waals surface area contributed by atoms with Crippen molar-refractivity contribution in [2.45, 2.75) is 49.9 Å².